The molecule has 0 unspecified atom stereocenters. The topological polar surface area (TPSA) is 66.8 Å². The summed E-state index contributed by atoms with van der Waals surface area (Å²) in [6.07, 6.45) is 0. The second-order valence-electron chi connectivity index (χ2n) is 0.880. The molecule has 0 aliphatic carbocycles. The molecule has 0 atom stereocenters. The Hall–Kier alpha value is -1.05. The number of hydrogen-bond acceptors (Lipinski definition) is 3. The molecule has 4 nitrogen and oxygen atoms in total. The van der Waals surface area contributed by atoms with Crippen LogP contribution in [0.25, 0.3) is 0 Å². The van der Waals surface area contributed by atoms with Crippen LogP contribution >= 0.6 is 0 Å². The summed E-state index contributed by atoms with van der Waals surface area (Å²) >= 11 is 0. The largest absolute Gasteiger partial charge is 0.472 e. The SMILES string of the molecule is O=C(O)C#CCOO. The molecule has 8 heavy (non-hydrogen) atoms. The first-order chi connectivity index (χ1) is 3.77. The van der Waals surface area contributed by atoms with E-state index in [1.807, 2.05) is 5.92 Å². The van der Waals surface area contributed by atoms with Crippen LogP contribution in [-0.2, 0) is 9.68 Å². The van der Waals surface area contributed by atoms with Gasteiger partial charge in [-0.3, -0.25) is 5.26 Å². The standard InChI is InChI=1S/C4H4O4/c5-4(6)2-1-3-8-7/h7H,3H2,(H,5,6). The van der Waals surface area contributed by atoms with E-state index in [-0.39, 0.29) is 6.61 Å². The van der Waals surface area contributed by atoms with Crippen molar-refractivity contribution < 1.29 is 20.0 Å². The van der Waals surface area contributed by atoms with Gasteiger partial charge in [-0.05, 0) is 0 Å². The normalized spacial score (nSPS) is 7.12. The van der Waals surface area contributed by atoms with Crippen LogP contribution in [0.3, 0.4) is 0 Å². The van der Waals surface area contributed by atoms with Gasteiger partial charge in [0.1, 0.15) is 6.61 Å². The molecule has 0 spiro atoms. The summed E-state index contributed by atoms with van der Waals surface area (Å²) in [4.78, 5) is 13.0. The average Bonchev–Trinajstić information content (AvgIpc) is 1.66. The summed E-state index contributed by atoms with van der Waals surface area (Å²) in [5.41, 5.74) is 0. The molecule has 0 aromatic heterocycles. The number of carboxylic acid groups (broad SMARTS) is 1. The zero-order chi connectivity index (χ0) is 6.41. The molecule has 0 rings (SSSR count). The van der Waals surface area contributed by atoms with Gasteiger partial charge in [0.05, 0.1) is 0 Å². The lowest BCUT2D eigenvalue weighted by Crippen LogP contribution is -1.89. The first-order valence-corrected chi connectivity index (χ1v) is 1.75. The van der Waals surface area contributed by atoms with Gasteiger partial charge >= 0.3 is 5.97 Å². The summed E-state index contributed by atoms with van der Waals surface area (Å²) in [7, 11) is 0. The summed E-state index contributed by atoms with van der Waals surface area (Å²) in [5.74, 6) is 2.51. The summed E-state index contributed by atoms with van der Waals surface area (Å²) in [6.45, 7) is -0.272. The van der Waals surface area contributed by atoms with E-state index in [0.29, 0.717) is 0 Å². The highest BCUT2D eigenvalue weighted by Gasteiger charge is 1.80. The molecule has 0 aliphatic heterocycles. The molecule has 0 bridgehead atoms. The van der Waals surface area contributed by atoms with Gasteiger partial charge in [-0.1, -0.05) is 5.92 Å². The van der Waals surface area contributed by atoms with Crippen molar-refractivity contribution in [3.05, 3.63) is 0 Å². The van der Waals surface area contributed by atoms with Gasteiger partial charge in [0.15, 0.2) is 0 Å². The summed E-state index contributed by atoms with van der Waals surface area (Å²) in [5, 5.41) is 15.4. The van der Waals surface area contributed by atoms with Crippen LogP contribution in [-0.4, -0.2) is 22.9 Å². The van der Waals surface area contributed by atoms with Gasteiger partial charge in [0, 0.05) is 5.92 Å². The molecule has 0 aliphatic rings. The molecule has 2 N–H and O–H groups in total. The lowest BCUT2D eigenvalue weighted by Gasteiger charge is -1.76. The Morgan fingerprint density at radius 3 is 2.75 bits per heavy atom. The van der Waals surface area contributed by atoms with Gasteiger partial charge in [0.2, 0.25) is 0 Å². The Bertz CT molecular complexity index is 129. The first kappa shape index (κ1) is 6.95. The van der Waals surface area contributed by atoms with E-state index in [1.165, 1.54) is 0 Å². The molecule has 0 amide bonds. The molecular formula is C4H4O4. The minimum absolute atomic E-state index is 0.272. The lowest BCUT2D eigenvalue weighted by atomic mass is 10.6. The van der Waals surface area contributed by atoms with Crippen LogP contribution in [0.4, 0.5) is 0 Å². The Morgan fingerprint density at radius 2 is 2.38 bits per heavy atom. The van der Waals surface area contributed by atoms with E-state index in [9.17, 15) is 4.79 Å². The van der Waals surface area contributed by atoms with Crippen LogP contribution in [0.15, 0.2) is 0 Å². The Kier molecular flexibility index (Phi) is 3.58. The van der Waals surface area contributed by atoms with Gasteiger partial charge < -0.3 is 5.11 Å². The highest BCUT2D eigenvalue weighted by molar-refractivity contribution is 5.86. The van der Waals surface area contributed by atoms with Crippen molar-refractivity contribution in [2.45, 2.75) is 0 Å². The first-order valence-electron chi connectivity index (χ1n) is 1.75. The van der Waals surface area contributed by atoms with Gasteiger partial charge in [-0.2, -0.15) is 0 Å². The molecule has 4 heteroatoms. The quantitative estimate of drug-likeness (QED) is 0.277. The molecule has 44 valence electrons. The lowest BCUT2D eigenvalue weighted by molar-refractivity contribution is -0.229. The maximum absolute atomic E-state index is 9.56. The van der Waals surface area contributed by atoms with Crippen molar-refractivity contribution in [3.8, 4) is 11.8 Å². The number of carbonyl (C=O) groups is 1. The molecule has 0 fully saturated rings. The minimum Gasteiger partial charge on any atom is -0.472 e. The maximum Gasteiger partial charge on any atom is 0.381 e. The second kappa shape index (κ2) is 4.12. The van der Waals surface area contributed by atoms with E-state index in [2.05, 4.69) is 4.89 Å². The highest BCUT2D eigenvalue weighted by atomic mass is 17.1. The number of aliphatic carboxylic acids is 1. The fourth-order valence-corrected chi connectivity index (χ4v) is 0.144. The zero-order valence-corrected chi connectivity index (χ0v) is 3.92. The Morgan fingerprint density at radius 1 is 1.75 bits per heavy atom. The van der Waals surface area contributed by atoms with E-state index >= 15 is 0 Å². The van der Waals surface area contributed by atoms with Crippen molar-refractivity contribution in [1.82, 2.24) is 0 Å². The van der Waals surface area contributed by atoms with Gasteiger partial charge in [-0.25, -0.2) is 9.68 Å². The Labute approximate surface area is 45.6 Å². The van der Waals surface area contributed by atoms with Crippen LogP contribution in [0.2, 0.25) is 0 Å². The molecule has 0 radical (unpaired) electrons. The predicted octanol–water partition coefficient (Wildman–Crippen LogP) is -0.436. The zero-order valence-electron chi connectivity index (χ0n) is 3.92. The van der Waals surface area contributed by atoms with Crippen molar-refractivity contribution in [1.29, 1.82) is 0 Å². The third kappa shape index (κ3) is 4.95. The van der Waals surface area contributed by atoms with Crippen LogP contribution in [0.5, 0.6) is 0 Å². The molecule has 0 heterocycles. The van der Waals surface area contributed by atoms with Gasteiger partial charge in [-0.15, -0.1) is 0 Å². The number of carboxylic acids is 1. The summed E-state index contributed by atoms with van der Waals surface area (Å²) < 4.78 is 0. The molecule has 0 saturated heterocycles. The average molecular weight is 116 g/mol. The number of hydrogen-bond donors (Lipinski definition) is 2. The fourth-order valence-electron chi connectivity index (χ4n) is 0.144. The third-order valence-corrected chi connectivity index (χ3v) is 0.332. The van der Waals surface area contributed by atoms with Crippen molar-refractivity contribution in [2.75, 3.05) is 6.61 Å². The molecule has 0 aromatic rings. The van der Waals surface area contributed by atoms with Gasteiger partial charge in [0.25, 0.3) is 0 Å². The fraction of sp³-hybridized carbons (Fsp3) is 0.250. The van der Waals surface area contributed by atoms with E-state index in [4.69, 9.17) is 10.4 Å². The van der Waals surface area contributed by atoms with Crippen molar-refractivity contribution in [3.63, 3.8) is 0 Å². The van der Waals surface area contributed by atoms with Crippen LogP contribution in [0, 0.1) is 11.8 Å². The maximum atomic E-state index is 9.56. The second-order valence-corrected chi connectivity index (χ2v) is 0.880. The van der Waals surface area contributed by atoms with E-state index in [1.54, 1.807) is 5.92 Å². The monoisotopic (exact) mass is 116 g/mol. The highest BCUT2D eigenvalue weighted by Crippen LogP contribution is 1.60. The molecule has 0 aromatic carbocycles. The number of rotatable bonds is 1. The predicted molar refractivity (Wildman–Crippen MR) is 24.0 cm³/mol. The smallest absolute Gasteiger partial charge is 0.381 e. The van der Waals surface area contributed by atoms with E-state index < -0.39 is 5.97 Å². The van der Waals surface area contributed by atoms with Crippen LogP contribution in [0.1, 0.15) is 0 Å². The third-order valence-electron chi connectivity index (χ3n) is 0.332. The summed E-state index contributed by atoms with van der Waals surface area (Å²) in [6, 6.07) is 0. The molecular weight excluding hydrogens is 112 g/mol. The molecule has 0 saturated carbocycles. The Balaban J connectivity index is 3.35. The minimum atomic E-state index is -1.23. The van der Waals surface area contributed by atoms with Crippen LogP contribution < -0.4 is 0 Å². The van der Waals surface area contributed by atoms with Crippen molar-refractivity contribution in [2.24, 2.45) is 0 Å². The van der Waals surface area contributed by atoms with E-state index in [0.717, 1.165) is 0 Å². The van der Waals surface area contributed by atoms with Crippen molar-refractivity contribution >= 4 is 5.97 Å².